The first-order valence-corrected chi connectivity index (χ1v) is 6.67. The van der Waals surface area contributed by atoms with Gasteiger partial charge in [-0.25, -0.2) is 4.98 Å². The van der Waals surface area contributed by atoms with Crippen molar-refractivity contribution in [3.63, 3.8) is 0 Å². The molecule has 0 unspecified atom stereocenters. The van der Waals surface area contributed by atoms with Crippen LogP contribution in [0.5, 0.6) is 0 Å². The molecule has 5 nitrogen and oxygen atoms in total. The molecule has 0 atom stereocenters. The average Bonchev–Trinajstić information content (AvgIpc) is 2.67. The first-order valence-electron chi connectivity index (χ1n) is 5.86. The number of fused-ring (bicyclic) bond motifs is 1. The molecule has 0 aliphatic carbocycles. The molecule has 1 aliphatic rings. The summed E-state index contributed by atoms with van der Waals surface area (Å²) in [4.78, 5) is 19.5. The molecular weight excluding hydrogens is 236 g/mol. The molecule has 1 aromatic heterocycles. The summed E-state index contributed by atoms with van der Waals surface area (Å²) >= 11 is 1.58. The number of anilines is 1. The van der Waals surface area contributed by atoms with Gasteiger partial charge in [-0.1, -0.05) is 0 Å². The van der Waals surface area contributed by atoms with Crippen molar-refractivity contribution in [2.24, 2.45) is 5.73 Å². The van der Waals surface area contributed by atoms with Crippen LogP contribution in [0.4, 0.5) is 5.13 Å². The summed E-state index contributed by atoms with van der Waals surface area (Å²) in [5.74, 6) is 0.00917. The summed E-state index contributed by atoms with van der Waals surface area (Å²) in [7, 11) is 2.10. The lowest BCUT2D eigenvalue weighted by atomic mass is 10.2. The van der Waals surface area contributed by atoms with Gasteiger partial charge in [0.25, 0.3) is 0 Å². The van der Waals surface area contributed by atoms with Crippen LogP contribution in [0.15, 0.2) is 0 Å². The van der Waals surface area contributed by atoms with Gasteiger partial charge in [0.1, 0.15) is 0 Å². The highest BCUT2D eigenvalue weighted by Gasteiger charge is 2.18. The van der Waals surface area contributed by atoms with Gasteiger partial charge in [0.2, 0.25) is 5.91 Å². The van der Waals surface area contributed by atoms with Crippen LogP contribution in [0.2, 0.25) is 0 Å². The number of carbonyl (C=O) groups excluding carboxylic acids is 1. The van der Waals surface area contributed by atoms with Crippen LogP contribution >= 0.6 is 11.3 Å². The van der Waals surface area contributed by atoms with Crippen molar-refractivity contribution >= 4 is 22.4 Å². The molecule has 2 rings (SSSR count). The maximum absolute atomic E-state index is 11.5. The van der Waals surface area contributed by atoms with Crippen LogP contribution in [0.3, 0.4) is 0 Å². The minimum Gasteiger partial charge on any atom is -0.330 e. The molecule has 0 aromatic carbocycles. The van der Waals surface area contributed by atoms with Crippen LogP contribution in [0.1, 0.15) is 23.4 Å². The van der Waals surface area contributed by atoms with Gasteiger partial charge in [-0.3, -0.25) is 4.79 Å². The van der Waals surface area contributed by atoms with Gasteiger partial charge in [-0.2, -0.15) is 0 Å². The van der Waals surface area contributed by atoms with Gasteiger partial charge >= 0.3 is 0 Å². The summed E-state index contributed by atoms with van der Waals surface area (Å²) < 4.78 is 0. The third kappa shape index (κ3) is 3.24. The standard InChI is InChI=1S/C11H18N4OS/c1-15-6-4-8-9(7-15)17-11(13-8)14-10(16)3-2-5-12/h2-7,12H2,1H3,(H,13,14,16). The summed E-state index contributed by atoms with van der Waals surface area (Å²) in [5, 5.41) is 3.57. The number of thiazole rings is 1. The average molecular weight is 254 g/mol. The van der Waals surface area contributed by atoms with E-state index in [1.807, 2.05) is 0 Å². The molecule has 0 saturated carbocycles. The molecule has 17 heavy (non-hydrogen) atoms. The van der Waals surface area contributed by atoms with E-state index in [1.165, 1.54) is 4.88 Å². The van der Waals surface area contributed by atoms with Gasteiger partial charge in [0, 0.05) is 30.8 Å². The van der Waals surface area contributed by atoms with E-state index in [0.29, 0.717) is 13.0 Å². The Labute approximate surface area is 105 Å². The van der Waals surface area contributed by atoms with Crippen molar-refractivity contribution in [1.82, 2.24) is 9.88 Å². The molecule has 0 bridgehead atoms. The monoisotopic (exact) mass is 254 g/mol. The molecule has 1 aliphatic heterocycles. The van der Waals surface area contributed by atoms with Crippen molar-refractivity contribution in [2.45, 2.75) is 25.8 Å². The minimum atomic E-state index is 0.00917. The van der Waals surface area contributed by atoms with Crippen LogP contribution in [0.25, 0.3) is 0 Å². The largest absolute Gasteiger partial charge is 0.330 e. The smallest absolute Gasteiger partial charge is 0.226 e. The Morgan fingerprint density at radius 3 is 3.24 bits per heavy atom. The maximum Gasteiger partial charge on any atom is 0.226 e. The van der Waals surface area contributed by atoms with Crippen molar-refractivity contribution in [3.05, 3.63) is 10.6 Å². The molecule has 0 radical (unpaired) electrons. The lowest BCUT2D eigenvalue weighted by Crippen LogP contribution is -2.25. The molecule has 0 fully saturated rings. The molecule has 0 saturated heterocycles. The quantitative estimate of drug-likeness (QED) is 0.834. The van der Waals surface area contributed by atoms with Gasteiger partial charge in [-0.05, 0) is 20.0 Å². The first kappa shape index (κ1) is 12.5. The Balaban J connectivity index is 1.96. The molecule has 3 N–H and O–H groups in total. The molecule has 1 aromatic rings. The number of nitrogens with one attached hydrogen (secondary N) is 1. The second kappa shape index (κ2) is 5.57. The van der Waals surface area contributed by atoms with Crippen LogP contribution in [0, 0.1) is 0 Å². The number of aromatic nitrogens is 1. The van der Waals surface area contributed by atoms with Crippen molar-refractivity contribution in [2.75, 3.05) is 25.5 Å². The van der Waals surface area contributed by atoms with Crippen molar-refractivity contribution in [3.8, 4) is 0 Å². The van der Waals surface area contributed by atoms with E-state index in [9.17, 15) is 4.79 Å². The fourth-order valence-corrected chi connectivity index (χ4v) is 2.93. The van der Waals surface area contributed by atoms with Crippen LogP contribution in [-0.4, -0.2) is 35.9 Å². The van der Waals surface area contributed by atoms with Gasteiger partial charge in [0.15, 0.2) is 5.13 Å². The van der Waals surface area contributed by atoms with E-state index in [0.717, 1.165) is 36.8 Å². The summed E-state index contributed by atoms with van der Waals surface area (Å²) in [6.45, 7) is 2.52. The Kier molecular flexibility index (Phi) is 4.09. The summed E-state index contributed by atoms with van der Waals surface area (Å²) in [6.07, 6.45) is 2.17. The summed E-state index contributed by atoms with van der Waals surface area (Å²) in [5.41, 5.74) is 6.51. The highest BCUT2D eigenvalue weighted by Crippen LogP contribution is 2.27. The number of likely N-dealkylation sites (N-methyl/N-ethyl adjacent to an activating group) is 1. The zero-order valence-electron chi connectivity index (χ0n) is 10.0. The molecule has 2 heterocycles. The molecule has 1 amide bonds. The predicted molar refractivity (Wildman–Crippen MR) is 69.1 cm³/mol. The third-order valence-electron chi connectivity index (χ3n) is 2.78. The van der Waals surface area contributed by atoms with Gasteiger partial charge < -0.3 is 16.0 Å². The van der Waals surface area contributed by atoms with Gasteiger partial charge in [0.05, 0.1) is 5.69 Å². The zero-order valence-corrected chi connectivity index (χ0v) is 10.8. The third-order valence-corrected chi connectivity index (χ3v) is 3.77. The maximum atomic E-state index is 11.5. The number of hydrogen-bond donors (Lipinski definition) is 2. The van der Waals surface area contributed by atoms with Crippen molar-refractivity contribution in [1.29, 1.82) is 0 Å². The molecule has 94 valence electrons. The van der Waals surface area contributed by atoms with E-state index in [4.69, 9.17) is 5.73 Å². The number of carbonyl (C=O) groups is 1. The zero-order chi connectivity index (χ0) is 12.3. The number of nitrogens with two attached hydrogens (primary N) is 1. The number of hydrogen-bond acceptors (Lipinski definition) is 5. The summed E-state index contributed by atoms with van der Waals surface area (Å²) in [6, 6.07) is 0. The highest BCUT2D eigenvalue weighted by molar-refractivity contribution is 7.15. The second-order valence-electron chi connectivity index (χ2n) is 4.32. The molecule has 6 heteroatoms. The normalized spacial score (nSPS) is 15.6. The van der Waals surface area contributed by atoms with Crippen LogP contribution in [-0.2, 0) is 17.8 Å². The number of rotatable bonds is 4. The topological polar surface area (TPSA) is 71.2 Å². The number of amides is 1. The van der Waals surface area contributed by atoms with E-state index in [2.05, 4.69) is 22.2 Å². The lowest BCUT2D eigenvalue weighted by molar-refractivity contribution is -0.116. The van der Waals surface area contributed by atoms with E-state index in [1.54, 1.807) is 11.3 Å². The Morgan fingerprint density at radius 2 is 2.47 bits per heavy atom. The first-order chi connectivity index (χ1) is 8.19. The molecular formula is C11H18N4OS. The Bertz CT molecular complexity index is 404. The second-order valence-corrected chi connectivity index (χ2v) is 5.40. The van der Waals surface area contributed by atoms with Crippen molar-refractivity contribution < 1.29 is 4.79 Å². The predicted octanol–water partition coefficient (Wildman–Crippen LogP) is 0.808. The van der Waals surface area contributed by atoms with E-state index in [-0.39, 0.29) is 5.91 Å². The van der Waals surface area contributed by atoms with E-state index < -0.39 is 0 Å². The fraction of sp³-hybridized carbons (Fsp3) is 0.636. The highest BCUT2D eigenvalue weighted by atomic mass is 32.1. The van der Waals surface area contributed by atoms with E-state index >= 15 is 0 Å². The molecule has 0 spiro atoms. The lowest BCUT2D eigenvalue weighted by Gasteiger charge is -2.20. The Hall–Kier alpha value is -0.980. The Morgan fingerprint density at radius 1 is 1.65 bits per heavy atom. The minimum absolute atomic E-state index is 0.00917. The SMILES string of the molecule is CN1CCc2nc(NC(=O)CCCN)sc2C1. The van der Waals surface area contributed by atoms with Gasteiger partial charge in [-0.15, -0.1) is 11.3 Å². The number of nitrogens with zero attached hydrogens (tertiary/aromatic N) is 2. The van der Waals surface area contributed by atoms with Crippen LogP contribution < -0.4 is 11.1 Å². The fourth-order valence-electron chi connectivity index (χ4n) is 1.82.